The van der Waals surface area contributed by atoms with Gasteiger partial charge in [0, 0.05) is 38.6 Å². The van der Waals surface area contributed by atoms with Crippen LogP contribution in [0.15, 0.2) is 30.9 Å². The van der Waals surface area contributed by atoms with E-state index < -0.39 is 18.5 Å². The Hall–Kier alpha value is -3.28. The van der Waals surface area contributed by atoms with Crippen molar-refractivity contribution in [2.45, 2.75) is 6.18 Å². The summed E-state index contributed by atoms with van der Waals surface area (Å²) in [5.41, 5.74) is -0.480. The van der Waals surface area contributed by atoms with Gasteiger partial charge in [0.2, 0.25) is 5.91 Å². The molecule has 0 saturated carbocycles. The predicted octanol–water partition coefficient (Wildman–Crippen LogP) is 0.846. The highest BCUT2D eigenvalue weighted by atomic mass is 19.4. The van der Waals surface area contributed by atoms with Crippen LogP contribution in [0.2, 0.25) is 0 Å². The highest BCUT2D eigenvalue weighted by molar-refractivity contribution is 5.77. The fraction of sp³-hybridized carbons (Fsp3) is 0.353. The van der Waals surface area contributed by atoms with Crippen molar-refractivity contribution in [2.24, 2.45) is 0 Å². The number of amides is 1. The molecular formula is C17H16F3N7O2. The van der Waals surface area contributed by atoms with E-state index in [-0.39, 0.29) is 17.4 Å². The molecule has 0 bridgehead atoms. The van der Waals surface area contributed by atoms with Gasteiger partial charge in [-0.25, -0.2) is 19.9 Å². The number of carbonyl (C=O) groups excluding carboxylic acids is 1. The molecule has 1 aliphatic heterocycles. The number of hydrogen-bond acceptors (Lipinski definition) is 7. The second kappa shape index (κ2) is 7.28. The number of anilines is 1. The molecule has 0 aromatic carbocycles. The number of nitrogens with zero attached hydrogens (tertiary/aromatic N) is 7. The molecule has 0 spiro atoms. The highest BCUT2D eigenvalue weighted by Gasteiger charge is 2.33. The minimum atomic E-state index is -4.58. The number of fused-ring (bicyclic) bond motifs is 1. The van der Waals surface area contributed by atoms with Crippen LogP contribution in [0.1, 0.15) is 5.69 Å². The normalized spacial score (nSPS) is 15.2. The van der Waals surface area contributed by atoms with Crippen LogP contribution in [0.25, 0.3) is 17.2 Å². The number of hydrogen-bond donors (Lipinski definition) is 1. The third-order valence-corrected chi connectivity index (χ3v) is 4.65. The summed E-state index contributed by atoms with van der Waals surface area (Å²) in [5.74, 6) is 0.488. The van der Waals surface area contributed by atoms with Gasteiger partial charge in [-0.2, -0.15) is 13.2 Å². The summed E-state index contributed by atoms with van der Waals surface area (Å²) in [6.45, 7) is 1.37. The zero-order valence-corrected chi connectivity index (χ0v) is 15.0. The molecule has 152 valence electrons. The number of aliphatic hydroxyl groups is 1. The van der Waals surface area contributed by atoms with Crippen LogP contribution < -0.4 is 4.90 Å². The van der Waals surface area contributed by atoms with Crippen LogP contribution in [0.3, 0.4) is 0 Å². The van der Waals surface area contributed by atoms with Crippen molar-refractivity contribution in [1.82, 2.24) is 29.2 Å². The Labute approximate surface area is 162 Å². The minimum Gasteiger partial charge on any atom is -0.387 e. The van der Waals surface area contributed by atoms with Crippen molar-refractivity contribution >= 4 is 17.4 Å². The smallest absolute Gasteiger partial charge is 0.387 e. The lowest BCUT2D eigenvalue weighted by molar-refractivity contribution is -0.141. The Balaban J connectivity index is 1.62. The standard InChI is InChI=1S/C17H16F3N7O2/c18-17(19,20)12-9-27-11(7-23-14(27)8-22-12)16-21-2-1-13(24-16)25-3-5-26(6-4-25)15(29)10-28/h1-2,7-9,28H,3-6,10H2. The van der Waals surface area contributed by atoms with Gasteiger partial charge in [-0.3, -0.25) is 9.20 Å². The topological polar surface area (TPSA) is 99.8 Å². The largest absolute Gasteiger partial charge is 0.434 e. The molecule has 0 unspecified atom stereocenters. The molecule has 4 heterocycles. The van der Waals surface area contributed by atoms with Gasteiger partial charge in [0.1, 0.15) is 18.1 Å². The summed E-state index contributed by atoms with van der Waals surface area (Å²) >= 11 is 0. The molecule has 4 rings (SSSR count). The van der Waals surface area contributed by atoms with Crippen LogP contribution in [0.4, 0.5) is 19.0 Å². The average Bonchev–Trinajstić information content (AvgIpc) is 3.16. The summed E-state index contributed by atoms with van der Waals surface area (Å²) in [6.07, 6.45) is 0.257. The fourth-order valence-electron chi connectivity index (χ4n) is 3.13. The lowest BCUT2D eigenvalue weighted by Crippen LogP contribution is -2.49. The van der Waals surface area contributed by atoms with Crippen molar-refractivity contribution in [3.05, 3.63) is 36.5 Å². The molecule has 0 atom stereocenters. The first-order chi connectivity index (χ1) is 13.9. The number of aliphatic hydroxyl groups excluding tert-OH is 1. The summed E-state index contributed by atoms with van der Waals surface area (Å²) in [5, 5.41) is 8.96. The average molecular weight is 407 g/mol. The summed E-state index contributed by atoms with van der Waals surface area (Å²) in [6, 6.07) is 1.69. The fourth-order valence-corrected chi connectivity index (χ4v) is 3.13. The van der Waals surface area contributed by atoms with Gasteiger partial charge < -0.3 is 14.9 Å². The molecule has 29 heavy (non-hydrogen) atoms. The summed E-state index contributed by atoms with van der Waals surface area (Å²) in [7, 11) is 0. The molecule has 9 nitrogen and oxygen atoms in total. The molecule has 1 saturated heterocycles. The Morgan fingerprint density at radius 1 is 1.10 bits per heavy atom. The SMILES string of the molecule is O=C(CO)N1CCN(c2ccnc(-c3cnc4cnc(C(F)(F)F)cn34)n2)CC1. The van der Waals surface area contributed by atoms with Crippen LogP contribution in [0, 0.1) is 0 Å². The molecule has 1 aliphatic rings. The maximum atomic E-state index is 13.0. The van der Waals surface area contributed by atoms with Crippen LogP contribution >= 0.6 is 0 Å². The Morgan fingerprint density at radius 3 is 2.55 bits per heavy atom. The first kappa shape index (κ1) is 19.1. The van der Waals surface area contributed by atoms with E-state index in [1.807, 2.05) is 4.90 Å². The van der Waals surface area contributed by atoms with Crippen molar-refractivity contribution < 1.29 is 23.1 Å². The van der Waals surface area contributed by atoms with Crippen molar-refractivity contribution in [2.75, 3.05) is 37.7 Å². The van der Waals surface area contributed by atoms with E-state index in [1.165, 1.54) is 16.8 Å². The van der Waals surface area contributed by atoms with Gasteiger partial charge in [-0.1, -0.05) is 0 Å². The Kier molecular flexibility index (Phi) is 4.78. The number of piperazine rings is 1. The number of imidazole rings is 1. The second-order valence-corrected chi connectivity index (χ2v) is 6.41. The number of halogens is 3. The van der Waals surface area contributed by atoms with E-state index >= 15 is 0 Å². The molecule has 1 fully saturated rings. The molecule has 0 radical (unpaired) electrons. The van der Waals surface area contributed by atoms with Gasteiger partial charge >= 0.3 is 6.18 Å². The first-order valence-corrected chi connectivity index (χ1v) is 8.74. The summed E-state index contributed by atoms with van der Waals surface area (Å²) in [4.78, 5) is 31.2. The molecule has 1 amide bonds. The van der Waals surface area contributed by atoms with Gasteiger partial charge in [0.05, 0.1) is 12.4 Å². The number of carbonyl (C=O) groups is 1. The van der Waals surface area contributed by atoms with E-state index in [0.29, 0.717) is 37.7 Å². The maximum absolute atomic E-state index is 13.0. The van der Waals surface area contributed by atoms with Crippen molar-refractivity contribution in [3.8, 4) is 11.5 Å². The van der Waals surface area contributed by atoms with Gasteiger partial charge in [-0.15, -0.1) is 0 Å². The van der Waals surface area contributed by atoms with Crippen molar-refractivity contribution in [3.63, 3.8) is 0 Å². The van der Waals surface area contributed by atoms with Crippen LogP contribution in [0.5, 0.6) is 0 Å². The quantitative estimate of drug-likeness (QED) is 0.687. The zero-order valence-electron chi connectivity index (χ0n) is 15.0. The predicted molar refractivity (Wildman–Crippen MR) is 94.9 cm³/mol. The van der Waals surface area contributed by atoms with Gasteiger partial charge in [-0.05, 0) is 6.07 Å². The van der Waals surface area contributed by atoms with Gasteiger partial charge in [0.15, 0.2) is 17.2 Å². The van der Waals surface area contributed by atoms with E-state index in [0.717, 1.165) is 12.4 Å². The number of alkyl halides is 3. The third-order valence-electron chi connectivity index (χ3n) is 4.65. The Bertz CT molecular complexity index is 1040. The molecule has 3 aromatic rings. The molecule has 1 N–H and O–H groups in total. The molecule has 0 aliphatic carbocycles. The van der Waals surface area contributed by atoms with E-state index in [4.69, 9.17) is 5.11 Å². The van der Waals surface area contributed by atoms with Crippen LogP contribution in [-0.2, 0) is 11.0 Å². The monoisotopic (exact) mass is 407 g/mol. The van der Waals surface area contributed by atoms with Crippen molar-refractivity contribution in [1.29, 1.82) is 0 Å². The third kappa shape index (κ3) is 3.70. The molecular weight excluding hydrogens is 391 g/mol. The molecule has 12 heteroatoms. The number of aromatic nitrogens is 5. The lowest BCUT2D eigenvalue weighted by atomic mass is 10.3. The maximum Gasteiger partial charge on any atom is 0.434 e. The second-order valence-electron chi connectivity index (χ2n) is 6.41. The molecule has 3 aromatic heterocycles. The number of rotatable bonds is 3. The van der Waals surface area contributed by atoms with E-state index in [2.05, 4.69) is 19.9 Å². The zero-order chi connectivity index (χ0) is 20.6. The highest BCUT2D eigenvalue weighted by Crippen LogP contribution is 2.28. The van der Waals surface area contributed by atoms with Gasteiger partial charge in [0.25, 0.3) is 0 Å². The van der Waals surface area contributed by atoms with E-state index in [1.54, 1.807) is 11.0 Å². The minimum absolute atomic E-state index is 0.225. The first-order valence-electron chi connectivity index (χ1n) is 8.74. The lowest BCUT2D eigenvalue weighted by Gasteiger charge is -2.35. The van der Waals surface area contributed by atoms with Crippen LogP contribution in [-0.4, -0.2) is 73.0 Å². The summed E-state index contributed by atoms with van der Waals surface area (Å²) < 4.78 is 40.3. The van der Waals surface area contributed by atoms with E-state index in [9.17, 15) is 18.0 Å². The Morgan fingerprint density at radius 2 is 1.86 bits per heavy atom.